The fraction of sp³-hybridized carbons (Fsp3) is 0.174. The van der Waals surface area contributed by atoms with Gasteiger partial charge in [0, 0.05) is 11.7 Å². The van der Waals surface area contributed by atoms with E-state index in [2.05, 4.69) is 10.6 Å². The van der Waals surface area contributed by atoms with Gasteiger partial charge < -0.3 is 15.4 Å². The van der Waals surface area contributed by atoms with Gasteiger partial charge in [-0.2, -0.15) is 0 Å². The van der Waals surface area contributed by atoms with Crippen LogP contribution in [0.5, 0.6) is 5.75 Å². The quantitative estimate of drug-likeness (QED) is 0.594. The SMILES string of the molecule is COc1ccc(NC(=O)NC(Cc2ccc(F)cc2)Cc2ccc(F)cc2)cc1. The Bertz CT molecular complexity index is 879. The minimum atomic E-state index is -0.357. The van der Waals surface area contributed by atoms with Crippen molar-refractivity contribution < 1.29 is 18.3 Å². The molecule has 0 aliphatic heterocycles. The number of benzene rings is 3. The number of urea groups is 1. The zero-order valence-electron chi connectivity index (χ0n) is 16.0. The number of ether oxygens (including phenoxy) is 1. The number of hydrogen-bond donors (Lipinski definition) is 2. The highest BCUT2D eigenvalue weighted by molar-refractivity contribution is 5.89. The summed E-state index contributed by atoms with van der Waals surface area (Å²) in [5, 5.41) is 5.74. The maximum Gasteiger partial charge on any atom is 0.319 e. The van der Waals surface area contributed by atoms with Crippen LogP contribution >= 0.6 is 0 Å². The summed E-state index contributed by atoms with van der Waals surface area (Å²) in [6.45, 7) is 0. The van der Waals surface area contributed by atoms with Gasteiger partial charge >= 0.3 is 6.03 Å². The molecule has 2 amide bonds. The Kier molecular flexibility index (Phi) is 6.79. The highest BCUT2D eigenvalue weighted by Gasteiger charge is 2.15. The molecule has 29 heavy (non-hydrogen) atoms. The first-order chi connectivity index (χ1) is 14.0. The Morgan fingerprint density at radius 1 is 0.828 bits per heavy atom. The second-order valence-electron chi connectivity index (χ2n) is 6.69. The fourth-order valence-electron chi connectivity index (χ4n) is 3.01. The molecule has 0 fully saturated rings. The van der Waals surface area contributed by atoms with E-state index in [0.717, 1.165) is 11.1 Å². The summed E-state index contributed by atoms with van der Waals surface area (Å²) in [5.74, 6) is 0.0736. The summed E-state index contributed by atoms with van der Waals surface area (Å²) >= 11 is 0. The van der Waals surface area contributed by atoms with Gasteiger partial charge in [0.05, 0.1) is 7.11 Å². The van der Waals surface area contributed by atoms with E-state index >= 15 is 0 Å². The average molecular weight is 396 g/mol. The standard InChI is InChI=1S/C23H22F2N2O2/c1-29-22-12-10-20(11-13-22)26-23(28)27-21(14-16-2-6-18(24)7-3-16)15-17-4-8-19(25)9-5-17/h2-13,21H,14-15H2,1H3,(H2,26,27,28). The minimum Gasteiger partial charge on any atom is -0.497 e. The largest absolute Gasteiger partial charge is 0.497 e. The number of halogens is 2. The van der Waals surface area contributed by atoms with Gasteiger partial charge in [-0.1, -0.05) is 24.3 Å². The van der Waals surface area contributed by atoms with Crippen molar-refractivity contribution in [2.24, 2.45) is 0 Å². The molecule has 0 saturated carbocycles. The zero-order valence-corrected chi connectivity index (χ0v) is 16.0. The van der Waals surface area contributed by atoms with Crippen molar-refractivity contribution in [2.75, 3.05) is 12.4 Å². The summed E-state index contributed by atoms with van der Waals surface area (Å²) < 4.78 is 31.5. The first kappa shape index (κ1) is 20.3. The molecule has 0 saturated heterocycles. The fourth-order valence-corrected chi connectivity index (χ4v) is 3.01. The number of carbonyl (C=O) groups excluding carboxylic acids is 1. The molecule has 0 aromatic heterocycles. The van der Waals surface area contributed by atoms with E-state index in [1.807, 2.05) is 0 Å². The van der Waals surface area contributed by atoms with Gasteiger partial charge in [0.25, 0.3) is 0 Å². The molecule has 3 rings (SSSR count). The van der Waals surface area contributed by atoms with Crippen molar-refractivity contribution in [1.29, 1.82) is 0 Å². The molecule has 0 spiro atoms. The second-order valence-corrected chi connectivity index (χ2v) is 6.69. The maximum absolute atomic E-state index is 13.2. The van der Waals surface area contributed by atoms with Crippen LogP contribution < -0.4 is 15.4 Å². The van der Waals surface area contributed by atoms with Gasteiger partial charge in [0.15, 0.2) is 0 Å². The first-order valence-corrected chi connectivity index (χ1v) is 9.22. The van der Waals surface area contributed by atoms with Crippen LogP contribution in [0.25, 0.3) is 0 Å². The van der Waals surface area contributed by atoms with E-state index in [-0.39, 0.29) is 23.7 Å². The summed E-state index contributed by atoms with van der Waals surface area (Å²) in [5.41, 5.74) is 2.41. The number of nitrogens with one attached hydrogen (secondary N) is 2. The van der Waals surface area contributed by atoms with E-state index in [1.165, 1.54) is 24.3 Å². The molecular weight excluding hydrogens is 374 g/mol. The molecule has 0 heterocycles. The van der Waals surface area contributed by atoms with E-state index in [9.17, 15) is 13.6 Å². The molecule has 0 radical (unpaired) electrons. The number of anilines is 1. The van der Waals surface area contributed by atoms with E-state index in [0.29, 0.717) is 24.3 Å². The zero-order chi connectivity index (χ0) is 20.6. The van der Waals surface area contributed by atoms with Crippen LogP contribution in [-0.2, 0) is 12.8 Å². The average Bonchev–Trinajstić information content (AvgIpc) is 2.72. The summed E-state index contributed by atoms with van der Waals surface area (Å²) in [6, 6.07) is 18.7. The van der Waals surface area contributed by atoms with Crippen LogP contribution in [0.2, 0.25) is 0 Å². The van der Waals surface area contributed by atoms with Gasteiger partial charge in [0.2, 0.25) is 0 Å². The van der Waals surface area contributed by atoms with Crippen molar-refractivity contribution in [2.45, 2.75) is 18.9 Å². The van der Waals surface area contributed by atoms with Crippen LogP contribution in [0, 0.1) is 11.6 Å². The molecular formula is C23H22F2N2O2. The lowest BCUT2D eigenvalue weighted by Crippen LogP contribution is -2.40. The molecule has 2 N–H and O–H groups in total. The molecule has 0 bridgehead atoms. The van der Waals surface area contributed by atoms with Crippen molar-refractivity contribution in [3.05, 3.63) is 95.6 Å². The topological polar surface area (TPSA) is 50.4 Å². The molecule has 150 valence electrons. The number of rotatable bonds is 7. The highest BCUT2D eigenvalue weighted by Crippen LogP contribution is 2.16. The number of amides is 2. The lowest BCUT2D eigenvalue weighted by molar-refractivity contribution is 0.248. The van der Waals surface area contributed by atoms with Gasteiger partial charge in [-0.3, -0.25) is 0 Å². The summed E-state index contributed by atoms with van der Waals surface area (Å²) in [6.07, 6.45) is 1.02. The first-order valence-electron chi connectivity index (χ1n) is 9.22. The lowest BCUT2D eigenvalue weighted by atomic mass is 9.99. The maximum atomic E-state index is 13.2. The van der Waals surface area contributed by atoms with Crippen molar-refractivity contribution in [3.63, 3.8) is 0 Å². The molecule has 3 aromatic rings. The Morgan fingerprint density at radius 3 is 1.76 bits per heavy atom. The van der Waals surface area contributed by atoms with Crippen molar-refractivity contribution >= 4 is 11.7 Å². The van der Waals surface area contributed by atoms with Crippen LogP contribution in [0.4, 0.5) is 19.3 Å². The van der Waals surface area contributed by atoms with Crippen LogP contribution in [-0.4, -0.2) is 19.2 Å². The van der Waals surface area contributed by atoms with E-state index in [1.54, 1.807) is 55.6 Å². The third kappa shape index (κ3) is 6.31. The molecule has 4 nitrogen and oxygen atoms in total. The lowest BCUT2D eigenvalue weighted by Gasteiger charge is -2.20. The third-order valence-corrected chi connectivity index (χ3v) is 4.47. The minimum absolute atomic E-state index is 0.260. The molecule has 0 atom stereocenters. The Labute approximate surface area is 168 Å². The van der Waals surface area contributed by atoms with Crippen LogP contribution in [0.15, 0.2) is 72.8 Å². The Hall–Kier alpha value is -3.41. The predicted molar refractivity (Wildman–Crippen MR) is 109 cm³/mol. The Morgan fingerprint density at radius 2 is 1.31 bits per heavy atom. The summed E-state index contributed by atoms with van der Waals surface area (Å²) in [4.78, 5) is 12.5. The molecule has 6 heteroatoms. The second kappa shape index (κ2) is 9.68. The van der Waals surface area contributed by atoms with Gasteiger partial charge in [-0.25, -0.2) is 13.6 Å². The summed E-state index contributed by atoms with van der Waals surface area (Å²) in [7, 11) is 1.57. The monoisotopic (exact) mass is 396 g/mol. The van der Waals surface area contributed by atoms with Gasteiger partial charge in [-0.05, 0) is 72.5 Å². The van der Waals surface area contributed by atoms with Crippen molar-refractivity contribution in [1.82, 2.24) is 5.32 Å². The molecule has 0 aliphatic rings. The third-order valence-electron chi connectivity index (χ3n) is 4.47. The molecule has 3 aromatic carbocycles. The molecule has 0 unspecified atom stereocenters. The molecule has 0 aliphatic carbocycles. The predicted octanol–water partition coefficient (Wildman–Crippen LogP) is 4.95. The smallest absolute Gasteiger partial charge is 0.319 e. The van der Waals surface area contributed by atoms with Gasteiger partial charge in [-0.15, -0.1) is 0 Å². The van der Waals surface area contributed by atoms with Crippen LogP contribution in [0.1, 0.15) is 11.1 Å². The van der Waals surface area contributed by atoms with Gasteiger partial charge in [0.1, 0.15) is 17.4 Å². The number of methoxy groups -OCH3 is 1. The van der Waals surface area contributed by atoms with Crippen molar-refractivity contribution in [3.8, 4) is 5.75 Å². The normalized spacial score (nSPS) is 10.6. The van der Waals surface area contributed by atoms with E-state index in [4.69, 9.17) is 4.74 Å². The van der Waals surface area contributed by atoms with E-state index < -0.39 is 0 Å². The Balaban J connectivity index is 1.69. The van der Waals surface area contributed by atoms with Crippen LogP contribution in [0.3, 0.4) is 0 Å². The number of hydrogen-bond acceptors (Lipinski definition) is 2. The number of carbonyl (C=O) groups is 1. The highest BCUT2D eigenvalue weighted by atomic mass is 19.1.